The number of ether oxygens (including phenoxy) is 2. The summed E-state index contributed by atoms with van der Waals surface area (Å²) in [5.74, 6) is -0.878. The van der Waals surface area contributed by atoms with Crippen LogP contribution in [0, 0.1) is 0 Å². The third-order valence-electron chi connectivity index (χ3n) is 5.84. The molecule has 0 spiro atoms. The Labute approximate surface area is 236 Å². The number of hydrogen-bond donors (Lipinski definition) is 2. The summed E-state index contributed by atoms with van der Waals surface area (Å²) >= 11 is 0. The second-order valence-corrected chi connectivity index (χ2v) is 11.1. The fourth-order valence-electron chi connectivity index (χ4n) is 3.60. The molecule has 3 N–H and O–H groups in total. The third-order valence-corrected chi connectivity index (χ3v) is 6.82. The van der Waals surface area contributed by atoms with Gasteiger partial charge in [0, 0.05) is 19.4 Å². The zero-order valence-electron chi connectivity index (χ0n) is 24.4. The van der Waals surface area contributed by atoms with E-state index in [1.807, 2.05) is 6.92 Å². The van der Waals surface area contributed by atoms with Gasteiger partial charge in [-0.2, -0.15) is 0 Å². The summed E-state index contributed by atoms with van der Waals surface area (Å²) in [5, 5.41) is 0. The Morgan fingerprint density at radius 2 is 1.33 bits per heavy atom. The van der Waals surface area contributed by atoms with Crippen LogP contribution in [0.2, 0.25) is 0 Å². The fourth-order valence-corrected chi connectivity index (χ4v) is 4.37. The predicted octanol–water partition coefficient (Wildman–Crippen LogP) is 6.93. The zero-order valence-corrected chi connectivity index (χ0v) is 25.3. The first-order valence-corrected chi connectivity index (χ1v) is 16.3. The van der Waals surface area contributed by atoms with Crippen LogP contribution in [0.4, 0.5) is 0 Å². The quantitative estimate of drug-likeness (QED) is 0.0463. The molecule has 0 rings (SSSR count). The minimum absolute atomic E-state index is 0.0508. The Morgan fingerprint density at radius 1 is 0.769 bits per heavy atom. The number of hydrogen-bond acceptors (Lipinski definition) is 8. The standard InChI is InChI=1S/C29H54NO8P/c1-3-5-7-8-9-10-11-12-13-14-15-16-17-18-20-22-29(32)38-27(25-35-28(31)21-19-6-4-2)26-37-39(33,34)36-24-23-30/h9-10,12-13,27H,3-8,11,14-26,30H2,1-2H3,(H,33,34)/b10-9-,13-12-. The molecule has 2 atom stereocenters. The van der Waals surface area contributed by atoms with Crippen molar-refractivity contribution in [3.8, 4) is 0 Å². The van der Waals surface area contributed by atoms with Crippen LogP contribution in [0.25, 0.3) is 0 Å². The van der Waals surface area contributed by atoms with Crippen molar-refractivity contribution in [3.05, 3.63) is 24.3 Å². The summed E-state index contributed by atoms with van der Waals surface area (Å²) in [6.45, 7) is 3.46. The van der Waals surface area contributed by atoms with Gasteiger partial charge < -0.3 is 20.1 Å². The Bertz CT molecular complexity index is 713. The van der Waals surface area contributed by atoms with Crippen molar-refractivity contribution in [1.29, 1.82) is 0 Å². The van der Waals surface area contributed by atoms with Crippen LogP contribution in [-0.2, 0) is 32.7 Å². The molecule has 0 aliphatic carbocycles. The van der Waals surface area contributed by atoms with Gasteiger partial charge in [-0.1, -0.05) is 83.1 Å². The highest BCUT2D eigenvalue weighted by Crippen LogP contribution is 2.43. The number of carbonyl (C=O) groups excluding carboxylic acids is 2. The summed E-state index contributed by atoms with van der Waals surface area (Å²) in [4.78, 5) is 34.0. The summed E-state index contributed by atoms with van der Waals surface area (Å²) in [7, 11) is -4.35. The van der Waals surface area contributed by atoms with Gasteiger partial charge in [-0.15, -0.1) is 0 Å². The Hall–Kier alpha value is -1.51. The Kier molecular flexibility index (Phi) is 25.7. The van der Waals surface area contributed by atoms with Gasteiger partial charge in [-0.05, 0) is 44.9 Å². The van der Waals surface area contributed by atoms with E-state index in [4.69, 9.17) is 24.3 Å². The van der Waals surface area contributed by atoms with Gasteiger partial charge in [-0.25, -0.2) is 4.57 Å². The number of rotatable bonds is 27. The molecule has 0 aromatic rings. The lowest BCUT2D eigenvalue weighted by atomic mass is 10.1. The first-order chi connectivity index (χ1) is 18.8. The monoisotopic (exact) mass is 575 g/mol. The minimum Gasteiger partial charge on any atom is -0.462 e. The lowest BCUT2D eigenvalue weighted by molar-refractivity contribution is -0.161. The first-order valence-electron chi connectivity index (χ1n) is 14.8. The van der Waals surface area contributed by atoms with Crippen molar-refractivity contribution in [2.24, 2.45) is 5.73 Å². The molecule has 228 valence electrons. The molecule has 0 radical (unpaired) electrons. The first kappa shape index (κ1) is 37.5. The van der Waals surface area contributed by atoms with Crippen LogP contribution in [0.5, 0.6) is 0 Å². The van der Waals surface area contributed by atoms with E-state index in [1.54, 1.807) is 0 Å². The number of allylic oxidation sites excluding steroid dienone is 4. The van der Waals surface area contributed by atoms with Gasteiger partial charge in [0.1, 0.15) is 6.61 Å². The normalized spacial score (nSPS) is 14.1. The average molecular weight is 576 g/mol. The molecule has 0 saturated carbocycles. The number of esters is 2. The van der Waals surface area contributed by atoms with Crippen LogP contribution >= 0.6 is 7.82 Å². The molecule has 0 saturated heterocycles. The van der Waals surface area contributed by atoms with Gasteiger partial charge in [0.05, 0.1) is 13.2 Å². The van der Waals surface area contributed by atoms with Crippen molar-refractivity contribution in [2.45, 2.75) is 123 Å². The minimum atomic E-state index is -4.35. The number of phosphoric ester groups is 1. The summed E-state index contributed by atoms with van der Waals surface area (Å²) in [5.41, 5.74) is 5.27. The highest BCUT2D eigenvalue weighted by Gasteiger charge is 2.25. The van der Waals surface area contributed by atoms with E-state index in [9.17, 15) is 19.0 Å². The largest absolute Gasteiger partial charge is 0.472 e. The molecular weight excluding hydrogens is 521 g/mol. The van der Waals surface area contributed by atoms with Crippen LogP contribution in [-0.4, -0.2) is 49.3 Å². The molecule has 0 bridgehead atoms. The van der Waals surface area contributed by atoms with E-state index in [0.717, 1.165) is 51.4 Å². The second-order valence-electron chi connectivity index (χ2n) is 9.62. The smallest absolute Gasteiger partial charge is 0.462 e. The van der Waals surface area contributed by atoms with Crippen molar-refractivity contribution >= 4 is 19.8 Å². The molecule has 0 amide bonds. The lowest BCUT2D eigenvalue weighted by Gasteiger charge is -2.19. The maximum absolute atomic E-state index is 12.3. The molecule has 0 heterocycles. The Balaban J connectivity index is 4.21. The molecule has 10 heteroatoms. The van der Waals surface area contributed by atoms with Crippen LogP contribution in [0.15, 0.2) is 24.3 Å². The average Bonchev–Trinajstić information content (AvgIpc) is 2.91. The van der Waals surface area contributed by atoms with Crippen LogP contribution in [0.1, 0.15) is 117 Å². The van der Waals surface area contributed by atoms with E-state index < -0.39 is 32.5 Å². The van der Waals surface area contributed by atoms with Gasteiger partial charge in [0.2, 0.25) is 0 Å². The number of unbranched alkanes of at least 4 members (excludes halogenated alkanes) is 10. The molecule has 0 fully saturated rings. The SMILES string of the molecule is CCCCC/C=C\C/C=C\CCCCCCCC(=O)OC(COC(=O)CCCCC)COP(=O)(O)OCCN. The lowest BCUT2D eigenvalue weighted by Crippen LogP contribution is -2.29. The molecule has 0 aliphatic rings. The van der Waals surface area contributed by atoms with Crippen molar-refractivity contribution < 1.29 is 37.6 Å². The van der Waals surface area contributed by atoms with Crippen molar-refractivity contribution in [3.63, 3.8) is 0 Å². The molecule has 2 unspecified atom stereocenters. The summed E-state index contributed by atoms with van der Waals surface area (Å²) < 4.78 is 32.1. The highest BCUT2D eigenvalue weighted by atomic mass is 31.2. The zero-order chi connectivity index (χ0) is 29.0. The van der Waals surface area contributed by atoms with E-state index >= 15 is 0 Å². The predicted molar refractivity (Wildman–Crippen MR) is 155 cm³/mol. The second kappa shape index (κ2) is 26.7. The van der Waals surface area contributed by atoms with Crippen molar-refractivity contribution in [1.82, 2.24) is 0 Å². The third kappa shape index (κ3) is 26.5. The van der Waals surface area contributed by atoms with E-state index in [2.05, 4.69) is 31.2 Å². The fraction of sp³-hybridized carbons (Fsp3) is 0.793. The van der Waals surface area contributed by atoms with Gasteiger partial charge in [0.25, 0.3) is 0 Å². The number of nitrogens with two attached hydrogens (primary N) is 1. The molecular formula is C29H54NO8P. The van der Waals surface area contributed by atoms with E-state index in [1.165, 1.54) is 25.7 Å². The molecule has 39 heavy (non-hydrogen) atoms. The maximum atomic E-state index is 12.3. The van der Waals surface area contributed by atoms with Gasteiger partial charge in [0.15, 0.2) is 6.10 Å². The van der Waals surface area contributed by atoms with Crippen LogP contribution in [0.3, 0.4) is 0 Å². The maximum Gasteiger partial charge on any atom is 0.472 e. The highest BCUT2D eigenvalue weighted by molar-refractivity contribution is 7.47. The van der Waals surface area contributed by atoms with Gasteiger partial charge >= 0.3 is 19.8 Å². The Morgan fingerprint density at radius 3 is 2.00 bits per heavy atom. The molecule has 9 nitrogen and oxygen atoms in total. The van der Waals surface area contributed by atoms with E-state index in [-0.39, 0.29) is 32.6 Å². The molecule has 0 aromatic heterocycles. The topological polar surface area (TPSA) is 134 Å². The van der Waals surface area contributed by atoms with E-state index in [0.29, 0.717) is 12.8 Å². The number of carbonyl (C=O) groups is 2. The van der Waals surface area contributed by atoms with Crippen molar-refractivity contribution in [2.75, 3.05) is 26.4 Å². The van der Waals surface area contributed by atoms with Gasteiger partial charge in [-0.3, -0.25) is 18.6 Å². The van der Waals surface area contributed by atoms with Crippen LogP contribution < -0.4 is 5.73 Å². The molecule has 0 aromatic carbocycles. The summed E-state index contributed by atoms with van der Waals surface area (Å²) in [6, 6.07) is 0. The molecule has 0 aliphatic heterocycles. The number of phosphoric acid groups is 1. The summed E-state index contributed by atoms with van der Waals surface area (Å²) in [6.07, 6.45) is 22.9.